The molecule has 9 heteroatoms. The number of nitrogens with zero attached hydrogens (tertiary/aromatic N) is 2. The summed E-state index contributed by atoms with van der Waals surface area (Å²) in [5, 5.41) is 7.58. The Morgan fingerprint density at radius 1 is 1.21 bits per heavy atom. The minimum absolute atomic E-state index is 0. The number of carbonyl (C=O) groups is 3. The minimum Gasteiger partial charge on any atom is -0.352 e. The Labute approximate surface area is 178 Å². The van der Waals surface area contributed by atoms with Crippen molar-refractivity contribution in [3.05, 3.63) is 0 Å². The Kier molecular flexibility index (Phi) is 9.77. The van der Waals surface area contributed by atoms with E-state index in [9.17, 15) is 14.4 Å². The molecular weight excluding hydrogens is 400 g/mol. The third-order valence-corrected chi connectivity index (χ3v) is 5.93. The van der Waals surface area contributed by atoms with Gasteiger partial charge >= 0.3 is 5.91 Å². The van der Waals surface area contributed by atoms with E-state index in [1.165, 1.54) is 11.8 Å². The van der Waals surface area contributed by atoms with Crippen molar-refractivity contribution < 1.29 is 14.4 Å². The lowest BCUT2D eigenvalue weighted by molar-refractivity contribution is -0.141. The fraction of sp³-hybridized carbons (Fsp3) is 0.789. The highest BCUT2D eigenvalue weighted by atomic mass is 35.5. The van der Waals surface area contributed by atoms with Gasteiger partial charge in [0.2, 0.25) is 11.7 Å². The molecule has 1 saturated heterocycles. The smallest absolute Gasteiger partial charge is 0.309 e. The number of halogens is 1. The van der Waals surface area contributed by atoms with Crippen LogP contribution in [-0.4, -0.2) is 53.1 Å². The van der Waals surface area contributed by atoms with E-state index in [2.05, 4.69) is 15.8 Å². The molecule has 0 spiro atoms. The summed E-state index contributed by atoms with van der Waals surface area (Å²) >= 11 is 1.53. The third-order valence-electron chi connectivity index (χ3n) is 4.89. The molecule has 0 unspecified atom stereocenters. The van der Waals surface area contributed by atoms with Crippen LogP contribution in [0.1, 0.15) is 59.3 Å². The average Bonchev–Trinajstić information content (AvgIpc) is 3.03. The molecule has 1 heterocycles. The second kappa shape index (κ2) is 11.0. The lowest BCUT2D eigenvalue weighted by atomic mass is 9.85. The van der Waals surface area contributed by atoms with Gasteiger partial charge in [0.15, 0.2) is 5.17 Å². The van der Waals surface area contributed by atoms with Gasteiger partial charge in [0.05, 0.1) is 6.04 Å². The Morgan fingerprint density at radius 3 is 2.39 bits per heavy atom. The summed E-state index contributed by atoms with van der Waals surface area (Å²) in [4.78, 5) is 39.6. The number of carbonyl (C=O) groups excluding carboxylic acids is 3. The van der Waals surface area contributed by atoms with Gasteiger partial charge in [-0.05, 0) is 24.7 Å². The van der Waals surface area contributed by atoms with Gasteiger partial charge < -0.3 is 10.2 Å². The molecule has 0 aromatic rings. The van der Waals surface area contributed by atoms with Gasteiger partial charge in [-0.1, -0.05) is 51.8 Å². The molecule has 2 aliphatic rings. The van der Waals surface area contributed by atoms with Gasteiger partial charge in [-0.2, -0.15) is 0 Å². The highest BCUT2D eigenvalue weighted by Crippen LogP contribution is 2.25. The summed E-state index contributed by atoms with van der Waals surface area (Å²) in [6, 6.07) is -0.825. The van der Waals surface area contributed by atoms with Crippen LogP contribution in [0.2, 0.25) is 0 Å². The maximum atomic E-state index is 12.7. The molecule has 160 valence electrons. The zero-order valence-electron chi connectivity index (χ0n) is 17.2. The van der Waals surface area contributed by atoms with E-state index in [0.29, 0.717) is 11.6 Å². The van der Waals surface area contributed by atoms with Crippen molar-refractivity contribution >= 4 is 46.9 Å². The molecular formula is C19H33ClN4O3S. The number of amides is 2. The van der Waals surface area contributed by atoms with Crippen LogP contribution in [0.3, 0.4) is 0 Å². The van der Waals surface area contributed by atoms with Gasteiger partial charge in [-0.3, -0.25) is 14.4 Å². The van der Waals surface area contributed by atoms with Crippen LogP contribution in [0.5, 0.6) is 0 Å². The Bertz CT molecular complexity index is 600. The number of ketones is 1. The largest absolute Gasteiger partial charge is 0.352 e. The molecule has 1 aliphatic heterocycles. The van der Waals surface area contributed by atoms with E-state index >= 15 is 0 Å². The monoisotopic (exact) mass is 432 g/mol. The predicted octanol–water partition coefficient (Wildman–Crippen LogP) is 2.54. The van der Waals surface area contributed by atoms with Crippen LogP contribution in [0, 0.1) is 11.3 Å². The molecule has 28 heavy (non-hydrogen) atoms. The van der Waals surface area contributed by atoms with Crippen molar-refractivity contribution in [3.63, 3.8) is 0 Å². The summed E-state index contributed by atoms with van der Waals surface area (Å²) in [7, 11) is 1.89. The number of hydrazone groups is 1. The average molecular weight is 433 g/mol. The number of thioether (sulfide) groups is 1. The van der Waals surface area contributed by atoms with Crippen LogP contribution in [0.15, 0.2) is 5.10 Å². The first-order valence-electron chi connectivity index (χ1n) is 9.73. The molecule has 0 radical (unpaired) electrons. The fourth-order valence-corrected chi connectivity index (χ4v) is 4.35. The van der Waals surface area contributed by atoms with Crippen molar-refractivity contribution in [2.45, 2.75) is 65.3 Å². The van der Waals surface area contributed by atoms with Gasteiger partial charge in [-0.25, -0.2) is 5.43 Å². The highest BCUT2D eigenvalue weighted by molar-refractivity contribution is 8.14. The summed E-state index contributed by atoms with van der Waals surface area (Å²) in [5.41, 5.74) is 2.16. The zero-order chi connectivity index (χ0) is 20.0. The number of hydrogen-bond acceptors (Lipinski definition) is 5. The minimum atomic E-state index is -0.825. The molecule has 0 aromatic heterocycles. The van der Waals surface area contributed by atoms with E-state index in [1.807, 2.05) is 32.7 Å². The molecule has 2 N–H and O–H groups in total. The van der Waals surface area contributed by atoms with Crippen LogP contribution >= 0.6 is 24.2 Å². The lowest BCUT2D eigenvalue weighted by Crippen LogP contribution is -2.50. The Hall–Kier alpha value is -1.28. The van der Waals surface area contributed by atoms with E-state index in [-0.39, 0.29) is 29.6 Å². The van der Waals surface area contributed by atoms with Crippen molar-refractivity contribution in [3.8, 4) is 0 Å². The first-order chi connectivity index (χ1) is 12.7. The quantitative estimate of drug-likeness (QED) is 0.497. The highest BCUT2D eigenvalue weighted by Gasteiger charge is 2.33. The maximum absolute atomic E-state index is 12.7. The Balaban J connectivity index is 0.00000392. The third kappa shape index (κ3) is 7.62. The van der Waals surface area contributed by atoms with E-state index in [1.54, 1.807) is 0 Å². The second-order valence-electron chi connectivity index (χ2n) is 8.63. The van der Waals surface area contributed by atoms with Gasteiger partial charge in [0.1, 0.15) is 0 Å². The fourth-order valence-electron chi connectivity index (χ4n) is 3.39. The van der Waals surface area contributed by atoms with Crippen molar-refractivity contribution in [1.29, 1.82) is 0 Å². The summed E-state index contributed by atoms with van der Waals surface area (Å²) < 4.78 is 0. The van der Waals surface area contributed by atoms with E-state index < -0.39 is 17.7 Å². The summed E-state index contributed by atoms with van der Waals surface area (Å²) in [6.07, 6.45) is 5.35. The molecule has 1 saturated carbocycles. The van der Waals surface area contributed by atoms with Crippen LogP contribution in [0.25, 0.3) is 0 Å². The number of nitrogens with one attached hydrogen (secondary N) is 2. The van der Waals surface area contributed by atoms with Gasteiger partial charge in [0, 0.05) is 25.3 Å². The molecule has 0 aromatic carbocycles. The van der Waals surface area contributed by atoms with Crippen LogP contribution in [0.4, 0.5) is 0 Å². The molecule has 1 aliphatic carbocycles. The van der Waals surface area contributed by atoms with Gasteiger partial charge in [-0.15, -0.1) is 17.5 Å². The molecule has 7 nitrogen and oxygen atoms in total. The van der Waals surface area contributed by atoms with Crippen LogP contribution < -0.4 is 10.7 Å². The van der Waals surface area contributed by atoms with Crippen molar-refractivity contribution in [2.75, 3.05) is 19.3 Å². The number of rotatable bonds is 6. The van der Waals surface area contributed by atoms with Gasteiger partial charge in [0.25, 0.3) is 0 Å². The van der Waals surface area contributed by atoms with Crippen LogP contribution in [-0.2, 0) is 14.4 Å². The molecule has 2 amide bonds. The second-order valence-corrected chi connectivity index (χ2v) is 9.69. The van der Waals surface area contributed by atoms with E-state index in [0.717, 1.165) is 44.4 Å². The predicted molar refractivity (Wildman–Crippen MR) is 115 cm³/mol. The first-order valence-corrected chi connectivity index (χ1v) is 10.7. The number of Topliss-reactive ketones (excluding diaryl/α,β-unsaturated/α-hetero) is 1. The SMILES string of the molecule is CN1CCS/C1=N\NC(=O)C(=O)[C@@H](CC(C)(C)C)NC(=O)C1CCCCC1.Cl. The Morgan fingerprint density at radius 2 is 1.86 bits per heavy atom. The van der Waals surface area contributed by atoms with Crippen molar-refractivity contribution in [1.82, 2.24) is 15.6 Å². The maximum Gasteiger partial charge on any atom is 0.309 e. The normalized spacial score (nSPS) is 20.4. The van der Waals surface area contributed by atoms with E-state index in [4.69, 9.17) is 0 Å². The molecule has 1 atom stereocenters. The lowest BCUT2D eigenvalue weighted by Gasteiger charge is -2.28. The van der Waals surface area contributed by atoms with Crippen molar-refractivity contribution in [2.24, 2.45) is 16.4 Å². The first kappa shape index (κ1) is 24.8. The summed E-state index contributed by atoms with van der Waals surface area (Å²) in [6.45, 7) is 6.82. The molecule has 2 fully saturated rings. The zero-order valence-corrected chi connectivity index (χ0v) is 18.9. The number of hydrogen-bond donors (Lipinski definition) is 2. The number of amidine groups is 1. The standard InChI is InChI=1S/C19H32N4O3S.ClH/c1-19(2,3)12-14(20-16(25)13-8-6-5-7-9-13)15(24)17(26)21-22-18-23(4)10-11-27-18;/h13-14H,5-12H2,1-4H3,(H,20,25)(H,21,26);1H/b22-18-;/t14-;/m1./s1. The molecule has 2 rings (SSSR count). The molecule has 0 bridgehead atoms. The topological polar surface area (TPSA) is 90.9 Å². The summed E-state index contributed by atoms with van der Waals surface area (Å²) in [5.74, 6) is -0.669.